The molecule has 0 spiro atoms. The number of rotatable bonds is 4. The molecule has 4 rings (SSSR count). The first-order valence-corrected chi connectivity index (χ1v) is 8.70. The van der Waals surface area contributed by atoms with Gasteiger partial charge in [0.2, 0.25) is 0 Å². The van der Waals surface area contributed by atoms with Gasteiger partial charge in [0.05, 0.1) is 17.2 Å². The van der Waals surface area contributed by atoms with Crippen molar-refractivity contribution < 1.29 is 14.7 Å². The third-order valence-corrected chi connectivity index (χ3v) is 4.49. The number of aromatic nitrogens is 1. The number of hydrogen-bond donors (Lipinski definition) is 1. The van der Waals surface area contributed by atoms with Crippen molar-refractivity contribution in [1.29, 1.82) is 0 Å². The number of aromatic carboxylic acids is 1. The minimum Gasteiger partial charge on any atom is -0.545 e. The van der Waals surface area contributed by atoms with Crippen LogP contribution in [0.1, 0.15) is 20.7 Å². The van der Waals surface area contributed by atoms with E-state index in [4.69, 9.17) is 0 Å². The van der Waals surface area contributed by atoms with Crippen molar-refractivity contribution in [3.63, 3.8) is 0 Å². The summed E-state index contributed by atoms with van der Waals surface area (Å²) in [5.74, 6) is -1.63. The van der Waals surface area contributed by atoms with Crippen molar-refractivity contribution in [3.05, 3.63) is 96.2 Å². The molecule has 3 aromatic carbocycles. The van der Waals surface area contributed by atoms with Gasteiger partial charge in [0.15, 0.2) is 0 Å². The van der Waals surface area contributed by atoms with Gasteiger partial charge < -0.3 is 15.2 Å². The summed E-state index contributed by atoms with van der Waals surface area (Å²) in [6.07, 6.45) is 1.67. The zero-order valence-corrected chi connectivity index (χ0v) is 14.8. The van der Waals surface area contributed by atoms with E-state index < -0.39 is 5.97 Å². The van der Waals surface area contributed by atoms with E-state index in [1.165, 1.54) is 6.07 Å². The maximum Gasteiger partial charge on any atom is 0.256 e. The second-order valence-corrected chi connectivity index (χ2v) is 6.21. The lowest BCUT2D eigenvalue weighted by Crippen LogP contribution is -2.23. The first-order chi connectivity index (χ1) is 13.6. The number of fused-ring (bicyclic) bond motifs is 1. The zero-order chi connectivity index (χ0) is 19.5. The van der Waals surface area contributed by atoms with E-state index in [0.717, 1.165) is 5.39 Å². The van der Waals surface area contributed by atoms with Gasteiger partial charge in [-0.15, -0.1) is 0 Å². The normalized spacial score (nSPS) is 10.6. The van der Waals surface area contributed by atoms with Crippen LogP contribution in [-0.2, 0) is 0 Å². The number of nitrogens with one attached hydrogen (secondary N) is 1. The summed E-state index contributed by atoms with van der Waals surface area (Å²) in [5.41, 5.74) is 2.63. The van der Waals surface area contributed by atoms with Crippen LogP contribution in [-0.4, -0.2) is 16.9 Å². The molecular formula is C23H15N2O3-. The van der Waals surface area contributed by atoms with E-state index in [0.29, 0.717) is 27.9 Å². The molecule has 0 aliphatic heterocycles. The number of nitrogens with zero attached hydrogens (tertiary/aromatic N) is 1. The van der Waals surface area contributed by atoms with Gasteiger partial charge in [0, 0.05) is 22.7 Å². The number of benzene rings is 3. The van der Waals surface area contributed by atoms with Crippen LogP contribution in [0.3, 0.4) is 0 Å². The van der Waals surface area contributed by atoms with E-state index in [1.807, 2.05) is 24.3 Å². The predicted octanol–water partition coefficient (Wildman–Crippen LogP) is 3.52. The van der Waals surface area contributed by atoms with E-state index in [9.17, 15) is 14.7 Å². The molecule has 0 aliphatic rings. The molecule has 0 unspecified atom stereocenters. The fraction of sp³-hybridized carbons (Fsp3) is 0. The maximum absolute atomic E-state index is 13.0. The first kappa shape index (κ1) is 17.4. The highest BCUT2D eigenvalue weighted by Crippen LogP contribution is 2.28. The number of carboxylic acids is 1. The highest BCUT2D eigenvalue weighted by Gasteiger charge is 2.16. The molecule has 0 fully saturated rings. The molecule has 28 heavy (non-hydrogen) atoms. The molecule has 0 bridgehead atoms. The van der Waals surface area contributed by atoms with Crippen molar-refractivity contribution in [3.8, 4) is 11.1 Å². The topological polar surface area (TPSA) is 82.1 Å². The van der Waals surface area contributed by atoms with Crippen LogP contribution in [0.15, 0.2) is 85.1 Å². The van der Waals surface area contributed by atoms with Crippen LogP contribution in [0.4, 0.5) is 5.69 Å². The molecule has 136 valence electrons. The van der Waals surface area contributed by atoms with Crippen LogP contribution < -0.4 is 10.4 Å². The molecule has 5 nitrogen and oxygen atoms in total. The van der Waals surface area contributed by atoms with Gasteiger partial charge in [-0.1, -0.05) is 60.7 Å². The van der Waals surface area contributed by atoms with Crippen LogP contribution in [0.25, 0.3) is 22.0 Å². The Hall–Kier alpha value is -3.99. The number of hydrogen-bond acceptors (Lipinski definition) is 4. The Morgan fingerprint density at radius 2 is 1.39 bits per heavy atom. The van der Waals surface area contributed by atoms with Gasteiger partial charge in [-0.2, -0.15) is 0 Å². The van der Waals surface area contributed by atoms with Crippen LogP contribution in [0.5, 0.6) is 0 Å². The van der Waals surface area contributed by atoms with Gasteiger partial charge in [0.1, 0.15) is 0 Å². The Bertz CT molecular complexity index is 1200. The predicted molar refractivity (Wildman–Crippen MR) is 106 cm³/mol. The van der Waals surface area contributed by atoms with Gasteiger partial charge in [-0.3, -0.25) is 9.78 Å². The van der Waals surface area contributed by atoms with E-state index >= 15 is 0 Å². The molecule has 0 radical (unpaired) electrons. The molecule has 0 saturated carbocycles. The van der Waals surface area contributed by atoms with E-state index in [-0.39, 0.29) is 11.5 Å². The molecule has 1 aromatic heterocycles. The quantitative estimate of drug-likeness (QED) is 0.598. The lowest BCUT2D eigenvalue weighted by atomic mass is 9.95. The molecule has 4 aromatic rings. The number of carbonyl (C=O) groups excluding carboxylic acids is 2. The Kier molecular flexibility index (Phi) is 4.56. The SMILES string of the molecule is O=C([O-])c1ccccc1-c1ccccc1C(=O)Nc1cccc2cccnc12. The summed E-state index contributed by atoms with van der Waals surface area (Å²) in [6, 6.07) is 22.7. The largest absolute Gasteiger partial charge is 0.545 e. The third-order valence-electron chi connectivity index (χ3n) is 4.49. The number of para-hydroxylation sites is 1. The highest BCUT2D eigenvalue weighted by molar-refractivity contribution is 6.12. The van der Waals surface area contributed by atoms with Gasteiger partial charge in [0.25, 0.3) is 5.91 Å². The van der Waals surface area contributed by atoms with Gasteiger partial charge >= 0.3 is 0 Å². The van der Waals surface area contributed by atoms with Crippen LogP contribution in [0.2, 0.25) is 0 Å². The summed E-state index contributed by atoms with van der Waals surface area (Å²) >= 11 is 0. The Morgan fingerprint density at radius 3 is 2.14 bits per heavy atom. The molecule has 0 atom stereocenters. The molecule has 0 aliphatic carbocycles. The molecular weight excluding hydrogens is 352 g/mol. The molecule has 1 heterocycles. The molecule has 0 saturated heterocycles. The summed E-state index contributed by atoms with van der Waals surface area (Å²) < 4.78 is 0. The monoisotopic (exact) mass is 367 g/mol. The molecule has 1 amide bonds. The summed E-state index contributed by atoms with van der Waals surface area (Å²) in [6.45, 7) is 0. The number of anilines is 1. The Morgan fingerprint density at radius 1 is 0.750 bits per heavy atom. The van der Waals surface area contributed by atoms with Gasteiger partial charge in [-0.05, 0) is 29.3 Å². The molecule has 1 N–H and O–H groups in total. The minimum atomic E-state index is -1.29. The Balaban J connectivity index is 1.77. The lowest BCUT2D eigenvalue weighted by Gasteiger charge is -2.15. The summed E-state index contributed by atoms with van der Waals surface area (Å²) in [5, 5.41) is 15.3. The summed E-state index contributed by atoms with van der Waals surface area (Å²) in [4.78, 5) is 28.9. The second kappa shape index (κ2) is 7.32. The lowest BCUT2D eigenvalue weighted by molar-refractivity contribution is -0.254. The standard InChI is InChI=1S/C23H16N2O3/c26-22(25-20-13-5-7-15-8-6-14-24-21(15)20)18-11-3-1-9-16(18)17-10-2-4-12-19(17)23(27)28/h1-14H,(H,25,26)(H,27,28)/p-1. The maximum atomic E-state index is 13.0. The van der Waals surface area contributed by atoms with Crippen LogP contribution >= 0.6 is 0 Å². The minimum absolute atomic E-state index is 0.0366. The van der Waals surface area contributed by atoms with Crippen molar-refractivity contribution in [2.75, 3.05) is 5.32 Å². The fourth-order valence-electron chi connectivity index (χ4n) is 3.21. The number of carboxylic acid groups (broad SMARTS) is 1. The zero-order valence-electron chi connectivity index (χ0n) is 14.8. The average Bonchev–Trinajstić information content (AvgIpc) is 2.74. The first-order valence-electron chi connectivity index (χ1n) is 8.70. The van der Waals surface area contributed by atoms with Crippen molar-refractivity contribution in [1.82, 2.24) is 4.98 Å². The van der Waals surface area contributed by atoms with Crippen molar-refractivity contribution in [2.45, 2.75) is 0 Å². The highest BCUT2D eigenvalue weighted by atomic mass is 16.4. The average molecular weight is 367 g/mol. The third kappa shape index (κ3) is 3.21. The van der Waals surface area contributed by atoms with Crippen LogP contribution in [0, 0.1) is 0 Å². The molecule has 5 heteroatoms. The van der Waals surface area contributed by atoms with E-state index in [1.54, 1.807) is 54.7 Å². The second-order valence-electron chi connectivity index (χ2n) is 6.21. The Labute approximate surface area is 161 Å². The van der Waals surface area contributed by atoms with Crippen molar-refractivity contribution >= 4 is 28.5 Å². The fourth-order valence-corrected chi connectivity index (χ4v) is 3.21. The van der Waals surface area contributed by atoms with E-state index in [2.05, 4.69) is 10.3 Å². The number of amides is 1. The number of pyridine rings is 1. The van der Waals surface area contributed by atoms with Crippen molar-refractivity contribution in [2.24, 2.45) is 0 Å². The number of carbonyl (C=O) groups is 2. The summed E-state index contributed by atoms with van der Waals surface area (Å²) in [7, 11) is 0. The smallest absolute Gasteiger partial charge is 0.256 e. The van der Waals surface area contributed by atoms with Gasteiger partial charge in [-0.25, -0.2) is 0 Å².